The highest BCUT2D eigenvalue weighted by molar-refractivity contribution is 5.94. The lowest BCUT2D eigenvalue weighted by Crippen LogP contribution is -2.25. The maximum absolute atomic E-state index is 9.36. The van der Waals surface area contributed by atoms with Crippen LogP contribution in [0.25, 0.3) is 67.7 Å². The van der Waals surface area contributed by atoms with Gasteiger partial charge in [-0.25, -0.2) is 15.0 Å². The van der Waals surface area contributed by atoms with Crippen LogP contribution in [0, 0.1) is 22.7 Å². The first kappa shape index (κ1) is 30.2. The summed E-state index contributed by atoms with van der Waals surface area (Å²) in [6.45, 7) is 0. The van der Waals surface area contributed by atoms with Crippen LogP contribution in [-0.2, 0) is 5.41 Å². The number of nitrogens with zero attached hydrogens (tertiary/aromatic N) is 7. The second-order valence-electron chi connectivity index (χ2n) is 13.1. The van der Waals surface area contributed by atoms with Gasteiger partial charge < -0.3 is 0 Å². The largest absolute Gasteiger partial charge is 0.264 e. The fraction of sp³-hybridized carbons (Fsp3) is 0.0217. The molecule has 8 aromatic rings. The summed E-state index contributed by atoms with van der Waals surface area (Å²) in [5.41, 5.74) is 14.4. The average molecular weight is 676 g/mol. The Morgan fingerprint density at radius 1 is 0.434 bits per heavy atom. The van der Waals surface area contributed by atoms with E-state index in [4.69, 9.17) is 19.9 Å². The Labute approximate surface area is 305 Å². The van der Waals surface area contributed by atoms with Crippen molar-refractivity contribution in [3.8, 4) is 79.8 Å². The number of nitriles is 2. The second-order valence-corrected chi connectivity index (χ2v) is 13.1. The summed E-state index contributed by atoms with van der Waals surface area (Å²) in [4.78, 5) is 24.2. The predicted molar refractivity (Wildman–Crippen MR) is 203 cm³/mol. The van der Waals surface area contributed by atoms with Gasteiger partial charge in [0.1, 0.15) is 0 Å². The molecule has 2 aliphatic carbocycles. The van der Waals surface area contributed by atoms with Crippen LogP contribution in [0.5, 0.6) is 0 Å². The summed E-state index contributed by atoms with van der Waals surface area (Å²) in [5.74, 6) is 1.49. The molecule has 7 nitrogen and oxygen atoms in total. The molecule has 1 spiro atoms. The summed E-state index contributed by atoms with van der Waals surface area (Å²) >= 11 is 0. The molecule has 0 fully saturated rings. The third-order valence-corrected chi connectivity index (χ3v) is 10.4. The fourth-order valence-corrected chi connectivity index (χ4v) is 8.01. The molecule has 0 saturated carbocycles. The molecule has 2 aliphatic rings. The van der Waals surface area contributed by atoms with Crippen molar-refractivity contribution in [2.75, 3.05) is 0 Å². The molecule has 0 aliphatic heterocycles. The molecule has 0 amide bonds. The van der Waals surface area contributed by atoms with E-state index in [2.05, 4.69) is 83.9 Å². The molecular formula is C46H25N7. The van der Waals surface area contributed by atoms with Crippen molar-refractivity contribution in [3.63, 3.8) is 0 Å². The average Bonchev–Trinajstić information content (AvgIpc) is 3.71. The van der Waals surface area contributed by atoms with Crippen LogP contribution in [-0.4, -0.2) is 24.9 Å². The molecule has 1 unspecified atom stereocenters. The molecule has 244 valence electrons. The van der Waals surface area contributed by atoms with Gasteiger partial charge in [0.25, 0.3) is 0 Å². The van der Waals surface area contributed by atoms with Gasteiger partial charge in [0.2, 0.25) is 0 Å². The number of hydrogen-bond acceptors (Lipinski definition) is 7. The number of rotatable bonds is 4. The van der Waals surface area contributed by atoms with E-state index in [1.165, 1.54) is 27.8 Å². The van der Waals surface area contributed by atoms with Crippen molar-refractivity contribution in [1.82, 2.24) is 24.9 Å². The molecule has 3 aromatic heterocycles. The minimum atomic E-state index is -0.483. The molecule has 0 bridgehead atoms. The third-order valence-electron chi connectivity index (χ3n) is 10.4. The highest BCUT2D eigenvalue weighted by Crippen LogP contribution is 2.62. The van der Waals surface area contributed by atoms with Crippen molar-refractivity contribution >= 4 is 0 Å². The van der Waals surface area contributed by atoms with Crippen LogP contribution in [0.15, 0.2) is 152 Å². The van der Waals surface area contributed by atoms with Crippen LogP contribution in [0.4, 0.5) is 0 Å². The summed E-state index contributed by atoms with van der Waals surface area (Å²) in [5, 5.41) is 18.7. The summed E-state index contributed by atoms with van der Waals surface area (Å²) in [7, 11) is 0. The quantitative estimate of drug-likeness (QED) is 0.183. The number of pyridine rings is 2. The van der Waals surface area contributed by atoms with Crippen LogP contribution < -0.4 is 0 Å². The van der Waals surface area contributed by atoms with Gasteiger partial charge in [-0.1, -0.05) is 60.7 Å². The molecule has 0 radical (unpaired) electrons. The van der Waals surface area contributed by atoms with Gasteiger partial charge in [-0.3, -0.25) is 9.97 Å². The molecule has 10 rings (SSSR count). The van der Waals surface area contributed by atoms with Gasteiger partial charge in [0, 0.05) is 46.4 Å². The first-order valence-electron chi connectivity index (χ1n) is 17.2. The van der Waals surface area contributed by atoms with E-state index in [1.807, 2.05) is 61.1 Å². The Hall–Kier alpha value is -7.61. The number of fused-ring (bicyclic) bond motifs is 10. The Bertz CT molecular complexity index is 2740. The number of benzene rings is 5. The number of hydrogen-bond donors (Lipinski definition) is 0. The SMILES string of the molecule is N#Cc1ccc(-c2nc(-c3ccc(C#N)cc3)nc(-c3cccc(-c4ccc5c(c4)-c4ncccc4C54c5ccccc5-c5cnccc54)c3)n2)cc1. The Morgan fingerprint density at radius 3 is 1.74 bits per heavy atom. The topological polar surface area (TPSA) is 112 Å². The molecule has 7 heteroatoms. The molecule has 1 atom stereocenters. The van der Waals surface area contributed by atoms with Crippen LogP contribution in [0.2, 0.25) is 0 Å². The van der Waals surface area contributed by atoms with Gasteiger partial charge >= 0.3 is 0 Å². The van der Waals surface area contributed by atoms with E-state index in [0.717, 1.165) is 44.6 Å². The van der Waals surface area contributed by atoms with Crippen LogP contribution in [0.1, 0.15) is 33.4 Å². The summed E-state index contributed by atoms with van der Waals surface area (Å²) in [6, 6.07) is 48.8. The third kappa shape index (κ3) is 4.55. The fourth-order valence-electron chi connectivity index (χ4n) is 8.01. The van der Waals surface area contributed by atoms with E-state index < -0.39 is 5.41 Å². The Kier molecular flexibility index (Phi) is 6.69. The Morgan fingerprint density at radius 2 is 1.02 bits per heavy atom. The lowest BCUT2D eigenvalue weighted by Gasteiger charge is -2.30. The first-order valence-corrected chi connectivity index (χ1v) is 17.2. The van der Waals surface area contributed by atoms with E-state index in [-0.39, 0.29) is 0 Å². The summed E-state index contributed by atoms with van der Waals surface area (Å²) < 4.78 is 0. The summed E-state index contributed by atoms with van der Waals surface area (Å²) in [6.07, 6.45) is 5.75. The lowest BCUT2D eigenvalue weighted by molar-refractivity contribution is 0.790. The zero-order valence-corrected chi connectivity index (χ0v) is 28.1. The molecular weight excluding hydrogens is 651 g/mol. The van der Waals surface area contributed by atoms with Gasteiger partial charge in [-0.2, -0.15) is 10.5 Å². The minimum Gasteiger partial charge on any atom is -0.264 e. The normalized spacial score (nSPS) is 14.5. The van der Waals surface area contributed by atoms with Crippen molar-refractivity contribution in [2.24, 2.45) is 0 Å². The first-order chi connectivity index (χ1) is 26.1. The maximum atomic E-state index is 9.36. The number of aromatic nitrogens is 5. The van der Waals surface area contributed by atoms with E-state index in [0.29, 0.717) is 28.6 Å². The van der Waals surface area contributed by atoms with Crippen molar-refractivity contribution < 1.29 is 0 Å². The lowest BCUT2D eigenvalue weighted by atomic mass is 9.71. The van der Waals surface area contributed by atoms with Crippen LogP contribution in [0.3, 0.4) is 0 Å². The maximum Gasteiger partial charge on any atom is 0.164 e. The monoisotopic (exact) mass is 675 g/mol. The molecule has 3 heterocycles. The van der Waals surface area contributed by atoms with Crippen LogP contribution >= 0.6 is 0 Å². The molecule has 0 N–H and O–H groups in total. The smallest absolute Gasteiger partial charge is 0.164 e. The van der Waals surface area contributed by atoms with Gasteiger partial charge in [0.05, 0.1) is 34.4 Å². The van der Waals surface area contributed by atoms with Gasteiger partial charge in [0.15, 0.2) is 17.5 Å². The Balaban J connectivity index is 1.11. The molecule has 0 saturated heterocycles. The van der Waals surface area contributed by atoms with Crippen molar-refractivity contribution in [2.45, 2.75) is 5.41 Å². The van der Waals surface area contributed by atoms with E-state index in [1.54, 1.807) is 24.3 Å². The van der Waals surface area contributed by atoms with Crippen molar-refractivity contribution in [1.29, 1.82) is 10.5 Å². The van der Waals surface area contributed by atoms with Gasteiger partial charge in [-0.15, -0.1) is 0 Å². The standard InChI is InChI=1S/C46H25N7/c47-25-28-10-14-30(15-11-28)43-51-44(31-16-12-29(26-48)13-17-31)53-45(52-43)34-6-3-5-32(23-34)33-18-19-39-36(24-33)42-41(9-4-21-50-42)46(39)38-8-2-1-7-35(38)37-27-49-22-20-40(37)46/h1-24,27H. The molecule has 5 aromatic carbocycles. The highest BCUT2D eigenvalue weighted by atomic mass is 15.0. The van der Waals surface area contributed by atoms with E-state index in [9.17, 15) is 10.5 Å². The second kappa shape index (κ2) is 11.7. The van der Waals surface area contributed by atoms with Gasteiger partial charge in [-0.05, 0) is 112 Å². The molecule has 53 heavy (non-hydrogen) atoms. The predicted octanol–water partition coefficient (Wildman–Crippen LogP) is 9.42. The van der Waals surface area contributed by atoms with E-state index >= 15 is 0 Å². The van der Waals surface area contributed by atoms with Crippen molar-refractivity contribution in [3.05, 3.63) is 185 Å². The minimum absolute atomic E-state index is 0.483. The zero-order chi connectivity index (χ0) is 35.5. The highest BCUT2D eigenvalue weighted by Gasteiger charge is 2.52. The zero-order valence-electron chi connectivity index (χ0n) is 28.1.